The van der Waals surface area contributed by atoms with Crippen molar-refractivity contribution in [3.8, 4) is 21.8 Å². The van der Waals surface area contributed by atoms with Gasteiger partial charge in [0, 0.05) is 17.5 Å². The SMILES string of the molecule is O=Cc1c(-c2cccs2)nc2scc(-c3ccc([N+](=O)[O-])cc3)n12. The molecule has 0 fully saturated rings. The van der Waals surface area contributed by atoms with E-state index in [-0.39, 0.29) is 5.69 Å². The molecule has 0 radical (unpaired) electrons. The zero-order chi connectivity index (χ0) is 16.7. The summed E-state index contributed by atoms with van der Waals surface area (Å²) in [4.78, 5) is 28.3. The van der Waals surface area contributed by atoms with Gasteiger partial charge in [-0.1, -0.05) is 6.07 Å². The number of thiophene rings is 1. The summed E-state index contributed by atoms with van der Waals surface area (Å²) in [6.07, 6.45) is 0.802. The number of aldehydes is 1. The van der Waals surface area contributed by atoms with E-state index in [2.05, 4.69) is 4.98 Å². The van der Waals surface area contributed by atoms with Gasteiger partial charge in [-0.15, -0.1) is 22.7 Å². The lowest BCUT2D eigenvalue weighted by Gasteiger charge is -2.02. The number of fused-ring (bicyclic) bond motifs is 1. The fraction of sp³-hybridized carbons (Fsp3) is 0. The molecule has 6 nitrogen and oxygen atoms in total. The molecule has 4 rings (SSSR count). The average Bonchev–Trinajstić information content (AvgIpc) is 3.30. The third-order valence-corrected chi connectivity index (χ3v) is 5.34. The summed E-state index contributed by atoms with van der Waals surface area (Å²) in [6.45, 7) is 0. The molecule has 0 spiro atoms. The van der Waals surface area contributed by atoms with Crippen LogP contribution in [0.15, 0.2) is 47.2 Å². The Hall–Kier alpha value is -2.84. The summed E-state index contributed by atoms with van der Waals surface area (Å²) in [5.41, 5.74) is 2.77. The number of non-ortho nitro benzene ring substituents is 1. The summed E-state index contributed by atoms with van der Waals surface area (Å²) < 4.78 is 1.80. The van der Waals surface area contributed by atoms with Gasteiger partial charge in [-0.05, 0) is 29.1 Å². The molecule has 0 atom stereocenters. The Morgan fingerprint density at radius 2 is 1.96 bits per heavy atom. The van der Waals surface area contributed by atoms with Gasteiger partial charge in [0.05, 0.1) is 15.5 Å². The van der Waals surface area contributed by atoms with Crippen LogP contribution in [0.2, 0.25) is 0 Å². The van der Waals surface area contributed by atoms with Crippen LogP contribution in [0.4, 0.5) is 5.69 Å². The number of thiazole rings is 1. The van der Waals surface area contributed by atoms with Gasteiger partial charge in [0.25, 0.3) is 5.69 Å². The van der Waals surface area contributed by atoms with Gasteiger partial charge in [-0.2, -0.15) is 0 Å². The number of nitro benzene ring substituents is 1. The lowest BCUT2D eigenvalue weighted by atomic mass is 10.1. The lowest BCUT2D eigenvalue weighted by Crippen LogP contribution is -1.94. The first-order chi connectivity index (χ1) is 11.7. The highest BCUT2D eigenvalue weighted by molar-refractivity contribution is 7.15. The summed E-state index contributed by atoms with van der Waals surface area (Å²) in [5.74, 6) is 0. The molecule has 0 aliphatic rings. The number of hydrogen-bond donors (Lipinski definition) is 0. The topological polar surface area (TPSA) is 77.5 Å². The first-order valence-electron chi connectivity index (χ1n) is 6.93. The predicted octanol–water partition coefficient (Wildman–Crippen LogP) is 4.51. The van der Waals surface area contributed by atoms with E-state index in [0.717, 1.165) is 22.4 Å². The smallest absolute Gasteiger partial charge is 0.269 e. The van der Waals surface area contributed by atoms with E-state index in [1.54, 1.807) is 16.5 Å². The van der Waals surface area contributed by atoms with Crippen LogP contribution in [0.1, 0.15) is 10.5 Å². The molecule has 0 aliphatic heterocycles. The Labute approximate surface area is 143 Å². The van der Waals surface area contributed by atoms with Crippen molar-refractivity contribution in [2.45, 2.75) is 0 Å². The number of carbonyl (C=O) groups is 1. The van der Waals surface area contributed by atoms with Gasteiger partial charge in [0.2, 0.25) is 0 Å². The number of benzene rings is 1. The number of hydrogen-bond acceptors (Lipinski definition) is 6. The summed E-state index contributed by atoms with van der Waals surface area (Å²) in [6, 6.07) is 10.1. The Morgan fingerprint density at radius 1 is 1.17 bits per heavy atom. The minimum atomic E-state index is -0.435. The van der Waals surface area contributed by atoms with Crippen LogP contribution < -0.4 is 0 Å². The largest absolute Gasteiger partial charge is 0.296 e. The summed E-state index contributed by atoms with van der Waals surface area (Å²) in [5, 5.41) is 14.6. The molecule has 118 valence electrons. The van der Waals surface area contributed by atoms with Crippen molar-refractivity contribution in [1.82, 2.24) is 9.38 Å². The second-order valence-electron chi connectivity index (χ2n) is 4.98. The number of carbonyl (C=O) groups excluding carboxylic acids is 1. The van der Waals surface area contributed by atoms with Crippen molar-refractivity contribution >= 4 is 39.6 Å². The highest BCUT2D eigenvalue weighted by Crippen LogP contribution is 2.34. The third kappa shape index (κ3) is 2.24. The summed E-state index contributed by atoms with van der Waals surface area (Å²) >= 11 is 2.96. The quantitative estimate of drug-likeness (QED) is 0.306. The van der Waals surface area contributed by atoms with Crippen LogP contribution in [0.25, 0.3) is 26.8 Å². The fourth-order valence-corrected chi connectivity index (χ4v) is 4.17. The molecule has 0 saturated carbocycles. The van der Waals surface area contributed by atoms with Crippen LogP contribution in [-0.4, -0.2) is 20.6 Å². The molecule has 0 unspecified atom stereocenters. The van der Waals surface area contributed by atoms with Gasteiger partial charge in [0.15, 0.2) is 11.2 Å². The Bertz CT molecular complexity index is 1050. The number of rotatable bonds is 4. The van der Waals surface area contributed by atoms with E-state index in [1.807, 2.05) is 22.9 Å². The molecule has 0 aliphatic carbocycles. The number of aromatic nitrogens is 2. The van der Waals surface area contributed by atoms with Gasteiger partial charge >= 0.3 is 0 Å². The van der Waals surface area contributed by atoms with Crippen LogP contribution >= 0.6 is 22.7 Å². The van der Waals surface area contributed by atoms with Gasteiger partial charge in [0.1, 0.15) is 11.4 Å². The first kappa shape index (κ1) is 14.7. The highest BCUT2D eigenvalue weighted by Gasteiger charge is 2.19. The lowest BCUT2D eigenvalue weighted by molar-refractivity contribution is -0.384. The standard InChI is InChI=1S/C16H9N3O3S2/c20-8-12-15(14-2-1-7-23-14)17-16-18(12)13(9-24-16)10-3-5-11(6-4-10)19(21)22/h1-9H. The predicted molar refractivity (Wildman–Crippen MR) is 93.9 cm³/mol. The van der Waals surface area contributed by atoms with Crippen LogP contribution in [0, 0.1) is 10.1 Å². The molecule has 1 aromatic carbocycles. The normalized spacial score (nSPS) is 11.0. The minimum absolute atomic E-state index is 0.0331. The number of nitrogens with zero attached hydrogens (tertiary/aromatic N) is 3. The van der Waals surface area contributed by atoms with Crippen molar-refractivity contribution < 1.29 is 9.72 Å². The van der Waals surface area contributed by atoms with E-state index in [1.165, 1.54) is 34.8 Å². The van der Waals surface area contributed by atoms with E-state index in [9.17, 15) is 14.9 Å². The molecule has 0 bridgehead atoms. The van der Waals surface area contributed by atoms with Gasteiger partial charge in [-0.25, -0.2) is 4.98 Å². The Balaban J connectivity index is 1.90. The zero-order valence-electron chi connectivity index (χ0n) is 12.1. The maximum absolute atomic E-state index is 11.7. The van der Waals surface area contributed by atoms with Crippen molar-refractivity contribution in [3.63, 3.8) is 0 Å². The van der Waals surface area contributed by atoms with Crippen LogP contribution in [0.5, 0.6) is 0 Å². The second-order valence-corrected chi connectivity index (χ2v) is 6.77. The van der Waals surface area contributed by atoms with Crippen LogP contribution in [-0.2, 0) is 0 Å². The molecule has 0 N–H and O–H groups in total. The summed E-state index contributed by atoms with van der Waals surface area (Å²) in [7, 11) is 0. The molecule has 24 heavy (non-hydrogen) atoms. The van der Waals surface area contributed by atoms with E-state index < -0.39 is 4.92 Å². The Morgan fingerprint density at radius 3 is 2.58 bits per heavy atom. The molecular formula is C16H9N3O3S2. The zero-order valence-corrected chi connectivity index (χ0v) is 13.7. The van der Waals surface area contributed by atoms with Gasteiger partial charge < -0.3 is 0 Å². The van der Waals surface area contributed by atoms with E-state index >= 15 is 0 Å². The van der Waals surface area contributed by atoms with E-state index in [0.29, 0.717) is 16.3 Å². The van der Waals surface area contributed by atoms with Crippen molar-refractivity contribution in [3.05, 3.63) is 63.0 Å². The fourth-order valence-electron chi connectivity index (χ4n) is 2.54. The maximum atomic E-state index is 11.7. The van der Waals surface area contributed by atoms with Crippen LogP contribution in [0.3, 0.4) is 0 Å². The Kier molecular flexibility index (Phi) is 3.47. The number of nitro groups is 1. The molecule has 4 aromatic rings. The van der Waals surface area contributed by atoms with Crippen molar-refractivity contribution in [2.24, 2.45) is 0 Å². The van der Waals surface area contributed by atoms with Gasteiger partial charge in [-0.3, -0.25) is 19.3 Å². The second kappa shape index (κ2) is 5.66. The number of imidazole rings is 1. The molecule has 8 heteroatoms. The first-order valence-corrected chi connectivity index (χ1v) is 8.69. The molecular weight excluding hydrogens is 346 g/mol. The van der Waals surface area contributed by atoms with E-state index in [4.69, 9.17) is 0 Å². The third-order valence-electron chi connectivity index (χ3n) is 3.64. The molecule has 0 saturated heterocycles. The maximum Gasteiger partial charge on any atom is 0.269 e. The molecule has 3 aromatic heterocycles. The van der Waals surface area contributed by atoms with Crippen molar-refractivity contribution in [2.75, 3.05) is 0 Å². The monoisotopic (exact) mass is 355 g/mol. The van der Waals surface area contributed by atoms with Crippen molar-refractivity contribution in [1.29, 1.82) is 0 Å². The molecule has 3 heterocycles. The highest BCUT2D eigenvalue weighted by atomic mass is 32.1. The average molecular weight is 355 g/mol. The molecule has 0 amide bonds. The minimum Gasteiger partial charge on any atom is -0.296 e.